The summed E-state index contributed by atoms with van der Waals surface area (Å²) in [5, 5.41) is 3.92. The zero-order valence-corrected chi connectivity index (χ0v) is 23.1. The number of carbonyl (C=O) groups is 1. The van der Waals surface area contributed by atoms with Gasteiger partial charge in [-0.05, 0) is 55.7 Å². The van der Waals surface area contributed by atoms with Crippen molar-refractivity contribution in [3.05, 3.63) is 112 Å². The Bertz CT molecular complexity index is 1550. The van der Waals surface area contributed by atoms with E-state index in [9.17, 15) is 4.79 Å². The van der Waals surface area contributed by atoms with Crippen molar-refractivity contribution in [3.8, 4) is 11.5 Å². The van der Waals surface area contributed by atoms with Gasteiger partial charge in [0.1, 0.15) is 11.5 Å². The fraction of sp³-hybridized carbons (Fsp3) is 0.242. The predicted octanol–water partition coefficient (Wildman–Crippen LogP) is 8.52. The molecule has 2 aliphatic heterocycles. The number of anilines is 3. The number of rotatable bonds is 7. The summed E-state index contributed by atoms with van der Waals surface area (Å²) in [6.07, 6.45) is 1.09. The smallest absolute Gasteiger partial charge is 0.340 e. The first kappa shape index (κ1) is 25.3. The number of carbonyl (C=O) groups excluding carboxylic acids is 1. The van der Waals surface area contributed by atoms with Gasteiger partial charge < -0.3 is 19.7 Å². The average Bonchev–Trinajstić information content (AvgIpc) is 3.23. The number of benzene rings is 4. The maximum atomic E-state index is 13.3. The summed E-state index contributed by atoms with van der Waals surface area (Å²) in [7, 11) is 0. The summed E-state index contributed by atoms with van der Waals surface area (Å²) in [5.41, 5.74) is 4.41. The van der Waals surface area contributed by atoms with Crippen molar-refractivity contribution < 1.29 is 14.3 Å². The SMILES string of the molecule is CCN(CCC(C)C)c1ccc2c(c1)Oc1cc(Cl)c(Nc3ccccc3)cc1C21OC(=O)c2ccccc21. The molecule has 1 unspecified atom stereocenters. The lowest BCUT2D eigenvalue weighted by Gasteiger charge is -2.37. The third-order valence-corrected chi connectivity index (χ3v) is 7.87. The van der Waals surface area contributed by atoms with Crippen molar-refractivity contribution in [1.82, 2.24) is 0 Å². The molecular formula is C33H31ClN2O3. The average molecular weight is 539 g/mol. The molecule has 1 spiro atoms. The van der Waals surface area contributed by atoms with E-state index in [1.807, 2.05) is 72.8 Å². The molecule has 0 bridgehead atoms. The van der Waals surface area contributed by atoms with Crippen LogP contribution < -0.4 is 15.0 Å². The second-order valence-corrected chi connectivity index (χ2v) is 10.9. The van der Waals surface area contributed by atoms with E-state index in [-0.39, 0.29) is 5.97 Å². The van der Waals surface area contributed by atoms with Crippen molar-refractivity contribution in [3.63, 3.8) is 0 Å². The molecule has 0 saturated heterocycles. The minimum atomic E-state index is -1.15. The van der Waals surface area contributed by atoms with Gasteiger partial charge >= 0.3 is 5.97 Å². The van der Waals surface area contributed by atoms with E-state index in [1.54, 1.807) is 0 Å². The molecule has 4 aromatic rings. The first-order valence-corrected chi connectivity index (χ1v) is 13.8. The predicted molar refractivity (Wildman–Crippen MR) is 157 cm³/mol. The van der Waals surface area contributed by atoms with Crippen LogP contribution in [0.2, 0.25) is 5.02 Å². The molecule has 5 nitrogen and oxygen atoms in total. The number of hydrogen-bond donors (Lipinski definition) is 1. The topological polar surface area (TPSA) is 50.8 Å². The Morgan fingerprint density at radius 2 is 1.64 bits per heavy atom. The van der Waals surface area contributed by atoms with Crippen LogP contribution in [0, 0.1) is 5.92 Å². The second-order valence-electron chi connectivity index (χ2n) is 10.5. The van der Waals surface area contributed by atoms with Crippen molar-refractivity contribution in [1.29, 1.82) is 0 Å². The normalized spacial score (nSPS) is 16.8. The van der Waals surface area contributed by atoms with E-state index in [4.69, 9.17) is 21.1 Å². The largest absolute Gasteiger partial charge is 0.456 e. The van der Waals surface area contributed by atoms with Crippen LogP contribution in [-0.2, 0) is 10.3 Å². The van der Waals surface area contributed by atoms with Crippen LogP contribution in [0.4, 0.5) is 17.1 Å². The maximum absolute atomic E-state index is 13.3. The van der Waals surface area contributed by atoms with Gasteiger partial charge in [0.05, 0.1) is 16.3 Å². The third kappa shape index (κ3) is 4.31. The van der Waals surface area contributed by atoms with E-state index in [1.165, 1.54) is 0 Å². The summed E-state index contributed by atoms with van der Waals surface area (Å²) < 4.78 is 12.9. The number of para-hydroxylation sites is 1. The van der Waals surface area contributed by atoms with E-state index in [2.05, 4.69) is 43.1 Å². The highest BCUT2D eigenvalue weighted by molar-refractivity contribution is 6.33. The summed E-state index contributed by atoms with van der Waals surface area (Å²) in [4.78, 5) is 15.6. The molecule has 6 heteroatoms. The molecule has 0 radical (unpaired) electrons. The lowest BCUT2D eigenvalue weighted by atomic mass is 9.77. The van der Waals surface area contributed by atoms with Gasteiger partial charge in [0, 0.05) is 53.3 Å². The molecule has 0 aliphatic carbocycles. The molecule has 198 valence electrons. The van der Waals surface area contributed by atoms with Crippen LogP contribution in [0.15, 0.2) is 84.9 Å². The van der Waals surface area contributed by atoms with E-state index < -0.39 is 5.60 Å². The number of nitrogens with zero attached hydrogens (tertiary/aromatic N) is 1. The number of ether oxygens (including phenoxy) is 2. The molecule has 0 saturated carbocycles. The van der Waals surface area contributed by atoms with Crippen LogP contribution in [0.5, 0.6) is 11.5 Å². The zero-order valence-electron chi connectivity index (χ0n) is 22.3. The minimum Gasteiger partial charge on any atom is -0.456 e. The lowest BCUT2D eigenvalue weighted by molar-refractivity contribution is 0.0224. The summed E-state index contributed by atoms with van der Waals surface area (Å²) in [6, 6.07) is 27.4. The summed E-state index contributed by atoms with van der Waals surface area (Å²) in [6.45, 7) is 8.47. The lowest BCUT2D eigenvalue weighted by Crippen LogP contribution is -2.33. The second kappa shape index (κ2) is 9.97. The number of nitrogens with one attached hydrogen (secondary N) is 1. The molecule has 6 rings (SSSR count). The van der Waals surface area contributed by atoms with Gasteiger partial charge in [-0.15, -0.1) is 0 Å². The van der Waals surface area contributed by atoms with E-state index >= 15 is 0 Å². The van der Waals surface area contributed by atoms with Crippen LogP contribution in [-0.4, -0.2) is 19.1 Å². The Labute approximate surface area is 234 Å². The van der Waals surface area contributed by atoms with E-state index in [0.717, 1.165) is 47.6 Å². The van der Waals surface area contributed by atoms with Crippen molar-refractivity contribution >= 4 is 34.6 Å². The Kier molecular flexibility index (Phi) is 6.48. The fourth-order valence-electron chi connectivity index (χ4n) is 5.53. The molecule has 2 aliphatic rings. The van der Waals surface area contributed by atoms with Crippen LogP contribution >= 0.6 is 11.6 Å². The van der Waals surface area contributed by atoms with Gasteiger partial charge in [-0.2, -0.15) is 0 Å². The summed E-state index contributed by atoms with van der Waals surface area (Å²) >= 11 is 6.78. The Hall–Kier alpha value is -3.96. The zero-order chi connectivity index (χ0) is 27.1. The molecule has 0 fully saturated rings. The molecule has 0 amide bonds. The molecule has 4 aromatic carbocycles. The van der Waals surface area contributed by atoms with Crippen molar-refractivity contribution in [2.24, 2.45) is 5.92 Å². The van der Waals surface area contributed by atoms with Crippen molar-refractivity contribution in [2.45, 2.75) is 32.8 Å². The Morgan fingerprint density at radius 1 is 0.897 bits per heavy atom. The Morgan fingerprint density at radius 3 is 2.41 bits per heavy atom. The summed E-state index contributed by atoms with van der Waals surface area (Å²) in [5.74, 6) is 1.48. The monoisotopic (exact) mass is 538 g/mol. The van der Waals surface area contributed by atoms with Crippen LogP contribution in [0.3, 0.4) is 0 Å². The number of esters is 1. The van der Waals surface area contributed by atoms with Crippen LogP contribution in [0.25, 0.3) is 0 Å². The van der Waals surface area contributed by atoms with Gasteiger partial charge in [-0.25, -0.2) is 4.79 Å². The van der Waals surface area contributed by atoms with E-state index in [0.29, 0.717) is 33.7 Å². The highest BCUT2D eigenvalue weighted by atomic mass is 35.5. The molecule has 1 N–H and O–H groups in total. The molecule has 1 atom stereocenters. The number of halogens is 1. The van der Waals surface area contributed by atoms with Gasteiger partial charge in [0.25, 0.3) is 0 Å². The number of fused-ring (bicyclic) bond motifs is 6. The van der Waals surface area contributed by atoms with Gasteiger partial charge in [0.2, 0.25) is 0 Å². The minimum absolute atomic E-state index is 0.354. The van der Waals surface area contributed by atoms with Gasteiger partial charge in [-0.3, -0.25) is 0 Å². The van der Waals surface area contributed by atoms with Crippen molar-refractivity contribution in [2.75, 3.05) is 23.3 Å². The maximum Gasteiger partial charge on any atom is 0.340 e. The number of hydrogen-bond acceptors (Lipinski definition) is 5. The van der Waals surface area contributed by atoms with Gasteiger partial charge in [-0.1, -0.05) is 61.8 Å². The fourth-order valence-corrected chi connectivity index (χ4v) is 5.74. The third-order valence-electron chi connectivity index (χ3n) is 7.56. The molecular weight excluding hydrogens is 508 g/mol. The molecule has 0 aromatic heterocycles. The first-order valence-electron chi connectivity index (χ1n) is 13.5. The first-order chi connectivity index (χ1) is 18.9. The highest BCUT2D eigenvalue weighted by Crippen LogP contribution is 2.57. The molecule has 2 heterocycles. The highest BCUT2D eigenvalue weighted by Gasteiger charge is 2.53. The quantitative estimate of drug-likeness (QED) is 0.239. The van der Waals surface area contributed by atoms with Crippen LogP contribution in [0.1, 0.15) is 54.2 Å². The Balaban J connectivity index is 1.52. The standard InChI is InChI=1S/C33H31ClN2O3/c1-4-36(17-16-21(2)3)23-14-15-26-30(18-23)38-31-20-28(34)29(35-22-10-6-5-7-11-22)19-27(31)33(26)25-13-9-8-12-24(25)32(37)39-33/h5-15,18-21,35H,4,16-17H2,1-3H3. The molecule has 39 heavy (non-hydrogen) atoms. The van der Waals surface area contributed by atoms with Gasteiger partial charge in [0.15, 0.2) is 5.60 Å².